The lowest BCUT2D eigenvalue weighted by Crippen LogP contribution is -2.30. The van der Waals surface area contributed by atoms with Crippen LogP contribution >= 0.6 is 11.3 Å². The first-order valence-corrected chi connectivity index (χ1v) is 10.3. The summed E-state index contributed by atoms with van der Waals surface area (Å²) in [6.07, 6.45) is -0.439. The number of esters is 1. The summed E-state index contributed by atoms with van der Waals surface area (Å²) in [5.74, 6) is -4.18. The molecule has 0 aliphatic heterocycles. The maximum atomic E-state index is 14.0. The smallest absolute Gasteiger partial charge is 0.341 e. The number of benzene rings is 1. The molecule has 1 heterocycles. The van der Waals surface area contributed by atoms with E-state index < -0.39 is 35.2 Å². The molecule has 6 nitrogen and oxygen atoms in total. The Morgan fingerprint density at radius 3 is 2.17 bits per heavy atom. The molecular formula is C21H24F2N2O4S. The third-order valence-corrected chi connectivity index (χ3v) is 5.55. The molecule has 9 heteroatoms. The highest BCUT2D eigenvalue weighted by molar-refractivity contribution is 7.18. The zero-order chi connectivity index (χ0) is 22.6. The van der Waals surface area contributed by atoms with E-state index in [1.165, 1.54) is 0 Å². The molecule has 0 aliphatic rings. The van der Waals surface area contributed by atoms with Crippen molar-refractivity contribution in [2.45, 2.75) is 40.7 Å². The number of carbonyl (C=O) groups is 3. The topological polar surface area (TPSA) is 75.7 Å². The molecule has 0 unspecified atom stereocenters. The van der Waals surface area contributed by atoms with Crippen molar-refractivity contribution in [1.82, 2.24) is 4.90 Å². The van der Waals surface area contributed by atoms with Gasteiger partial charge in [-0.1, -0.05) is 6.07 Å². The number of rotatable bonds is 7. The van der Waals surface area contributed by atoms with Crippen LogP contribution in [0.25, 0.3) is 0 Å². The number of thiophene rings is 1. The minimum atomic E-state index is -1.06. The average Bonchev–Trinajstić information content (AvgIpc) is 2.97. The lowest BCUT2D eigenvalue weighted by Gasteiger charge is -2.18. The normalized spacial score (nSPS) is 10.8. The number of hydrogen-bond donors (Lipinski definition) is 1. The zero-order valence-corrected chi connectivity index (χ0v) is 18.3. The Kier molecular flexibility index (Phi) is 7.66. The number of anilines is 1. The van der Waals surface area contributed by atoms with Crippen LogP contribution in [0, 0.1) is 18.6 Å². The van der Waals surface area contributed by atoms with Gasteiger partial charge in [-0.05, 0) is 52.3 Å². The van der Waals surface area contributed by atoms with Crippen molar-refractivity contribution >= 4 is 34.1 Å². The fourth-order valence-electron chi connectivity index (χ4n) is 2.86. The fraction of sp³-hybridized carbons (Fsp3) is 0.381. The van der Waals surface area contributed by atoms with Crippen molar-refractivity contribution in [1.29, 1.82) is 0 Å². The lowest BCUT2D eigenvalue weighted by atomic mass is 10.1. The molecule has 2 amide bonds. The number of hydrogen-bond acceptors (Lipinski definition) is 5. The van der Waals surface area contributed by atoms with Gasteiger partial charge in [0.25, 0.3) is 11.8 Å². The minimum absolute atomic E-state index is 0.00121. The quantitative estimate of drug-likeness (QED) is 0.640. The van der Waals surface area contributed by atoms with Crippen LogP contribution in [-0.2, 0) is 4.74 Å². The summed E-state index contributed by atoms with van der Waals surface area (Å²) in [6, 6.07) is 3.06. The summed E-state index contributed by atoms with van der Waals surface area (Å²) < 4.78 is 33.2. The monoisotopic (exact) mass is 438 g/mol. The fourth-order valence-corrected chi connectivity index (χ4v) is 4.02. The van der Waals surface area contributed by atoms with E-state index in [9.17, 15) is 23.2 Å². The number of amides is 2. The summed E-state index contributed by atoms with van der Waals surface area (Å²) in [4.78, 5) is 39.9. The molecule has 2 aromatic rings. The second-order valence-corrected chi connectivity index (χ2v) is 7.76. The van der Waals surface area contributed by atoms with Gasteiger partial charge in [0.2, 0.25) is 0 Å². The predicted octanol–water partition coefficient (Wildman–Crippen LogP) is 4.63. The van der Waals surface area contributed by atoms with Crippen molar-refractivity contribution in [3.63, 3.8) is 0 Å². The molecule has 162 valence electrons. The highest BCUT2D eigenvalue weighted by Crippen LogP contribution is 2.35. The van der Waals surface area contributed by atoms with E-state index >= 15 is 0 Å². The number of nitrogens with zero attached hydrogens (tertiary/aromatic N) is 1. The molecule has 1 aromatic carbocycles. The second kappa shape index (κ2) is 9.80. The zero-order valence-electron chi connectivity index (χ0n) is 17.5. The Morgan fingerprint density at radius 2 is 1.67 bits per heavy atom. The molecule has 0 spiro atoms. The third-order valence-electron chi connectivity index (χ3n) is 4.36. The molecule has 1 aromatic heterocycles. The van der Waals surface area contributed by atoms with Gasteiger partial charge < -0.3 is 15.0 Å². The highest BCUT2D eigenvalue weighted by atomic mass is 32.1. The molecule has 0 bridgehead atoms. The second-order valence-electron chi connectivity index (χ2n) is 6.74. The number of ether oxygens (including phenoxy) is 1. The highest BCUT2D eigenvalue weighted by Gasteiger charge is 2.29. The average molecular weight is 438 g/mol. The van der Waals surface area contributed by atoms with Gasteiger partial charge in [-0.3, -0.25) is 9.59 Å². The number of carbonyl (C=O) groups excluding carboxylic acids is 3. The molecule has 1 N–H and O–H groups in total. The van der Waals surface area contributed by atoms with Gasteiger partial charge in [0, 0.05) is 13.1 Å². The van der Waals surface area contributed by atoms with E-state index in [-0.39, 0.29) is 21.3 Å². The van der Waals surface area contributed by atoms with Crippen molar-refractivity contribution in [2.75, 3.05) is 18.4 Å². The Hall–Kier alpha value is -2.81. The minimum Gasteiger partial charge on any atom is -0.459 e. The van der Waals surface area contributed by atoms with Crippen molar-refractivity contribution < 1.29 is 27.9 Å². The number of halogens is 2. The standard InChI is InChI=1S/C21H24F2N2O4S/c1-6-25(7-2)20(27)17-12(5)15(21(28)29-11(3)4)19(30-17)24-18(26)16-13(22)9-8-10-14(16)23/h8-11H,6-7H2,1-5H3,(H,24,26). The largest absolute Gasteiger partial charge is 0.459 e. The maximum absolute atomic E-state index is 14.0. The maximum Gasteiger partial charge on any atom is 0.341 e. The Bertz CT molecular complexity index is 948. The van der Waals surface area contributed by atoms with Crippen LogP contribution in [-0.4, -0.2) is 41.9 Å². The van der Waals surface area contributed by atoms with Gasteiger partial charge in [-0.2, -0.15) is 0 Å². The molecule has 0 atom stereocenters. The molecule has 2 rings (SSSR count). The predicted molar refractivity (Wildman–Crippen MR) is 111 cm³/mol. The van der Waals surface area contributed by atoms with Crippen LogP contribution in [0.4, 0.5) is 13.8 Å². The summed E-state index contributed by atoms with van der Waals surface area (Å²) in [5.41, 5.74) is -0.440. The van der Waals surface area contributed by atoms with E-state index in [0.29, 0.717) is 18.7 Å². The van der Waals surface area contributed by atoms with E-state index in [2.05, 4.69) is 5.32 Å². The van der Waals surface area contributed by atoms with Crippen LogP contribution in [0.5, 0.6) is 0 Å². The summed E-state index contributed by atoms with van der Waals surface area (Å²) in [5, 5.41) is 2.38. The molecule has 0 saturated heterocycles. The van der Waals surface area contributed by atoms with E-state index in [0.717, 1.165) is 29.5 Å². The molecule has 0 fully saturated rings. The van der Waals surface area contributed by atoms with Gasteiger partial charge in [0.1, 0.15) is 22.2 Å². The molecule has 0 aliphatic carbocycles. The Labute approximate surface area is 177 Å². The Morgan fingerprint density at radius 1 is 1.10 bits per heavy atom. The van der Waals surface area contributed by atoms with Crippen molar-refractivity contribution in [2.24, 2.45) is 0 Å². The number of nitrogens with one attached hydrogen (secondary N) is 1. The first-order chi connectivity index (χ1) is 14.1. The van der Waals surface area contributed by atoms with Crippen LogP contribution in [0.1, 0.15) is 63.6 Å². The van der Waals surface area contributed by atoms with Gasteiger partial charge in [-0.15, -0.1) is 11.3 Å². The van der Waals surface area contributed by atoms with Crippen LogP contribution < -0.4 is 5.32 Å². The van der Waals surface area contributed by atoms with E-state index in [1.807, 2.05) is 13.8 Å². The van der Waals surface area contributed by atoms with Gasteiger partial charge in [0.05, 0.1) is 16.5 Å². The summed E-state index contributed by atoms with van der Waals surface area (Å²) in [7, 11) is 0. The third kappa shape index (κ3) is 4.84. The van der Waals surface area contributed by atoms with Crippen LogP contribution in [0.3, 0.4) is 0 Å². The van der Waals surface area contributed by atoms with Gasteiger partial charge in [0.15, 0.2) is 0 Å². The molecule has 0 saturated carbocycles. The van der Waals surface area contributed by atoms with Gasteiger partial charge >= 0.3 is 5.97 Å². The first-order valence-electron chi connectivity index (χ1n) is 9.51. The van der Waals surface area contributed by atoms with E-state index in [1.54, 1.807) is 25.7 Å². The van der Waals surface area contributed by atoms with E-state index in [4.69, 9.17) is 4.74 Å². The lowest BCUT2D eigenvalue weighted by molar-refractivity contribution is 0.0379. The molecular weight excluding hydrogens is 414 g/mol. The first kappa shape index (κ1) is 23.5. The van der Waals surface area contributed by atoms with Crippen molar-refractivity contribution in [3.05, 3.63) is 51.4 Å². The summed E-state index contributed by atoms with van der Waals surface area (Å²) >= 11 is 0.875. The SMILES string of the molecule is CCN(CC)C(=O)c1sc(NC(=O)c2c(F)cccc2F)c(C(=O)OC(C)C)c1C. The Balaban J connectivity index is 2.54. The van der Waals surface area contributed by atoms with Gasteiger partial charge in [-0.25, -0.2) is 13.6 Å². The molecule has 0 radical (unpaired) electrons. The van der Waals surface area contributed by atoms with Crippen molar-refractivity contribution in [3.8, 4) is 0 Å². The van der Waals surface area contributed by atoms with Crippen LogP contribution in [0.15, 0.2) is 18.2 Å². The molecule has 30 heavy (non-hydrogen) atoms. The summed E-state index contributed by atoms with van der Waals surface area (Å²) in [6.45, 7) is 9.46. The van der Waals surface area contributed by atoms with Crippen LogP contribution in [0.2, 0.25) is 0 Å².